The first kappa shape index (κ1) is 23.7. The number of nitrogens with zero attached hydrogens (tertiary/aromatic N) is 4. The molecule has 3 amide bonds. The molecule has 0 N–H and O–H groups in total. The molecule has 2 aromatic rings. The van der Waals surface area contributed by atoms with E-state index < -0.39 is 11.7 Å². The number of halogens is 3. The SMILES string of the molecule is Cc1ccc2c(c1)C(=O)N(CCCC(=O)N1CCCN(c3ccc(C(F)(F)F)cn3)CC1)C2=O. The van der Waals surface area contributed by atoms with Crippen LogP contribution in [-0.2, 0) is 11.0 Å². The van der Waals surface area contributed by atoms with Crippen molar-refractivity contribution in [2.45, 2.75) is 32.4 Å². The highest BCUT2D eigenvalue weighted by Gasteiger charge is 2.35. The highest BCUT2D eigenvalue weighted by molar-refractivity contribution is 6.21. The van der Waals surface area contributed by atoms with Gasteiger partial charge in [0.25, 0.3) is 11.8 Å². The van der Waals surface area contributed by atoms with Crippen molar-refractivity contribution in [1.82, 2.24) is 14.8 Å². The van der Waals surface area contributed by atoms with Crippen LogP contribution in [0.3, 0.4) is 0 Å². The first-order chi connectivity index (χ1) is 16.1. The Morgan fingerprint density at radius 2 is 1.76 bits per heavy atom. The van der Waals surface area contributed by atoms with Gasteiger partial charge in [0.2, 0.25) is 5.91 Å². The molecular weight excluding hydrogens is 449 g/mol. The summed E-state index contributed by atoms with van der Waals surface area (Å²) < 4.78 is 38.3. The molecule has 4 rings (SSSR count). The monoisotopic (exact) mass is 474 g/mol. The maximum absolute atomic E-state index is 12.8. The summed E-state index contributed by atoms with van der Waals surface area (Å²) in [5, 5.41) is 0. The number of amides is 3. The molecule has 0 unspecified atom stereocenters. The van der Waals surface area contributed by atoms with Gasteiger partial charge in [-0.3, -0.25) is 19.3 Å². The Bertz CT molecular complexity index is 1100. The number of alkyl halides is 3. The van der Waals surface area contributed by atoms with E-state index in [1.807, 2.05) is 11.8 Å². The van der Waals surface area contributed by atoms with Crippen molar-refractivity contribution in [1.29, 1.82) is 0 Å². The number of carbonyl (C=O) groups excluding carboxylic acids is 3. The van der Waals surface area contributed by atoms with Gasteiger partial charge in [0.1, 0.15) is 5.82 Å². The predicted octanol–water partition coefficient (Wildman–Crippen LogP) is 3.52. The van der Waals surface area contributed by atoms with Crippen LogP contribution in [0, 0.1) is 6.92 Å². The lowest BCUT2D eigenvalue weighted by molar-refractivity contribution is -0.137. The third-order valence-electron chi connectivity index (χ3n) is 6.15. The van der Waals surface area contributed by atoms with Crippen LogP contribution in [0.5, 0.6) is 0 Å². The second-order valence-electron chi connectivity index (χ2n) is 8.54. The van der Waals surface area contributed by atoms with Crippen molar-refractivity contribution in [2.75, 3.05) is 37.6 Å². The summed E-state index contributed by atoms with van der Waals surface area (Å²) in [5.41, 5.74) is 0.905. The fraction of sp³-hybridized carbons (Fsp3) is 0.417. The Kier molecular flexibility index (Phi) is 6.58. The number of carbonyl (C=O) groups is 3. The summed E-state index contributed by atoms with van der Waals surface area (Å²) in [6, 6.07) is 7.51. The van der Waals surface area contributed by atoms with Crippen LogP contribution in [0.15, 0.2) is 36.5 Å². The van der Waals surface area contributed by atoms with Crippen LogP contribution in [0.25, 0.3) is 0 Å². The molecule has 2 aliphatic rings. The molecule has 0 aliphatic carbocycles. The van der Waals surface area contributed by atoms with E-state index in [1.54, 1.807) is 23.1 Å². The smallest absolute Gasteiger partial charge is 0.355 e. The first-order valence-electron chi connectivity index (χ1n) is 11.2. The lowest BCUT2D eigenvalue weighted by atomic mass is 10.1. The summed E-state index contributed by atoms with van der Waals surface area (Å²) in [6.07, 6.45) is -2.38. The van der Waals surface area contributed by atoms with Crippen LogP contribution < -0.4 is 4.90 Å². The Balaban J connectivity index is 1.28. The van der Waals surface area contributed by atoms with Gasteiger partial charge in [0.05, 0.1) is 16.7 Å². The highest BCUT2D eigenvalue weighted by Crippen LogP contribution is 2.29. The first-order valence-corrected chi connectivity index (χ1v) is 11.2. The molecule has 0 saturated carbocycles. The lowest BCUT2D eigenvalue weighted by Crippen LogP contribution is -2.36. The maximum Gasteiger partial charge on any atom is 0.417 e. The second kappa shape index (κ2) is 9.44. The Morgan fingerprint density at radius 1 is 1.00 bits per heavy atom. The highest BCUT2D eigenvalue weighted by atomic mass is 19.4. The average molecular weight is 474 g/mol. The fourth-order valence-corrected chi connectivity index (χ4v) is 4.29. The number of aryl methyl sites for hydroxylation is 1. The van der Waals surface area contributed by atoms with Crippen LogP contribution >= 0.6 is 0 Å². The molecule has 10 heteroatoms. The third kappa shape index (κ3) is 4.90. The van der Waals surface area contributed by atoms with Gasteiger partial charge in [0, 0.05) is 45.3 Å². The van der Waals surface area contributed by atoms with E-state index in [0.29, 0.717) is 56.0 Å². The zero-order valence-electron chi connectivity index (χ0n) is 18.8. The normalized spacial score (nSPS) is 16.6. The van der Waals surface area contributed by atoms with Gasteiger partial charge in [-0.15, -0.1) is 0 Å². The number of rotatable bonds is 5. The number of benzene rings is 1. The van der Waals surface area contributed by atoms with Crippen molar-refractivity contribution >= 4 is 23.5 Å². The number of fused-ring (bicyclic) bond motifs is 1. The Labute approximate surface area is 195 Å². The van der Waals surface area contributed by atoms with Gasteiger partial charge >= 0.3 is 6.18 Å². The Hall–Kier alpha value is -3.43. The van der Waals surface area contributed by atoms with E-state index >= 15 is 0 Å². The van der Waals surface area contributed by atoms with Gasteiger partial charge in [-0.05, 0) is 44.0 Å². The molecule has 1 aromatic heterocycles. The average Bonchev–Trinajstić information content (AvgIpc) is 2.97. The number of imide groups is 1. The van der Waals surface area contributed by atoms with Crippen molar-refractivity contribution in [3.8, 4) is 0 Å². The quantitative estimate of drug-likeness (QED) is 0.620. The second-order valence-corrected chi connectivity index (χ2v) is 8.54. The van der Waals surface area contributed by atoms with E-state index in [9.17, 15) is 27.6 Å². The van der Waals surface area contributed by atoms with E-state index in [-0.39, 0.29) is 30.7 Å². The van der Waals surface area contributed by atoms with Crippen molar-refractivity contribution in [2.24, 2.45) is 0 Å². The topological polar surface area (TPSA) is 73.8 Å². The van der Waals surface area contributed by atoms with Gasteiger partial charge in [-0.2, -0.15) is 13.2 Å². The fourth-order valence-electron chi connectivity index (χ4n) is 4.29. The summed E-state index contributed by atoms with van der Waals surface area (Å²) in [6.45, 7) is 4.02. The molecule has 0 bridgehead atoms. The molecule has 1 saturated heterocycles. The van der Waals surface area contributed by atoms with Gasteiger partial charge < -0.3 is 9.80 Å². The standard InChI is InChI=1S/C24H25F3N4O3/c1-16-5-7-18-19(14-16)23(34)31(22(18)33)11-2-4-21(32)30-10-3-9-29(12-13-30)20-8-6-17(15-28-20)24(25,26)27/h5-8,14-15H,2-4,9-13H2,1H3. The molecule has 2 aliphatic heterocycles. The van der Waals surface area contributed by atoms with Gasteiger partial charge in [0.15, 0.2) is 0 Å². The van der Waals surface area contributed by atoms with Crippen molar-refractivity contribution in [3.05, 3.63) is 58.8 Å². The number of aromatic nitrogens is 1. The molecule has 1 fully saturated rings. The number of hydrogen-bond acceptors (Lipinski definition) is 5. The third-order valence-corrected chi connectivity index (χ3v) is 6.15. The molecule has 180 valence electrons. The number of hydrogen-bond donors (Lipinski definition) is 0. The Morgan fingerprint density at radius 3 is 2.47 bits per heavy atom. The molecule has 0 spiro atoms. The summed E-state index contributed by atoms with van der Waals surface area (Å²) in [4.78, 5) is 46.5. The van der Waals surface area contributed by atoms with Crippen LogP contribution in [0.4, 0.5) is 19.0 Å². The predicted molar refractivity (Wildman–Crippen MR) is 118 cm³/mol. The summed E-state index contributed by atoms with van der Waals surface area (Å²) in [7, 11) is 0. The molecule has 0 atom stereocenters. The minimum atomic E-state index is -4.43. The van der Waals surface area contributed by atoms with Crippen molar-refractivity contribution in [3.63, 3.8) is 0 Å². The van der Waals surface area contributed by atoms with Crippen LogP contribution in [0.2, 0.25) is 0 Å². The molecule has 0 radical (unpaired) electrons. The molecule has 34 heavy (non-hydrogen) atoms. The maximum atomic E-state index is 12.8. The zero-order valence-corrected chi connectivity index (χ0v) is 18.8. The largest absolute Gasteiger partial charge is 0.417 e. The number of pyridine rings is 1. The van der Waals surface area contributed by atoms with E-state index in [4.69, 9.17) is 0 Å². The van der Waals surface area contributed by atoms with E-state index in [2.05, 4.69) is 4.98 Å². The van der Waals surface area contributed by atoms with Crippen LogP contribution in [0.1, 0.15) is 51.1 Å². The van der Waals surface area contributed by atoms with Gasteiger partial charge in [-0.25, -0.2) is 4.98 Å². The van der Waals surface area contributed by atoms with E-state index in [1.165, 1.54) is 11.0 Å². The number of anilines is 1. The van der Waals surface area contributed by atoms with Crippen molar-refractivity contribution < 1.29 is 27.6 Å². The summed E-state index contributed by atoms with van der Waals surface area (Å²) >= 11 is 0. The molecular formula is C24H25F3N4O3. The minimum Gasteiger partial charge on any atom is -0.355 e. The summed E-state index contributed by atoms with van der Waals surface area (Å²) in [5.74, 6) is -0.287. The van der Waals surface area contributed by atoms with E-state index in [0.717, 1.165) is 17.8 Å². The minimum absolute atomic E-state index is 0.0744. The van der Waals surface area contributed by atoms with Crippen LogP contribution in [-0.4, -0.2) is 65.2 Å². The molecule has 3 heterocycles. The molecule has 1 aromatic carbocycles. The van der Waals surface area contributed by atoms with Gasteiger partial charge in [-0.1, -0.05) is 11.6 Å². The zero-order chi connectivity index (χ0) is 24.5. The molecule has 7 nitrogen and oxygen atoms in total. The lowest BCUT2D eigenvalue weighted by Gasteiger charge is -2.23.